The molecule has 28 heavy (non-hydrogen) atoms. The lowest BCUT2D eigenvalue weighted by atomic mass is 10.0. The van der Waals surface area contributed by atoms with Crippen molar-refractivity contribution in [3.05, 3.63) is 18.0 Å². The highest BCUT2D eigenvalue weighted by Gasteiger charge is 2.30. The second kappa shape index (κ2) is 10.0. The largest absolute Gasteiger partial charge is 0.379 e. The summed E-state index contributed by atoms with van der Waals surface area (Å²) in [5, 5.41) is 4.21. The van der Waals surface area contributed by atoms with E-state index in [-0.39, 0.29) is 17.9 Å². The first-order valence-corrected chi connectivity index (χ1v) is 10.5. The van der Waals surface area contributed by atoms with Crippen molar-refractivity contribution in [3.63, 3.8) is 0 Å². The van der Waals surface area contributed by atoms with Crippen LogP contribution in [0.25, 0.3) is 0 Å². The molecule has 1 unspecified atom stereocenters. The Morgan fingerprint density at radius 2 is 2.07 bits per heavy atom. The van der Waals surface area contributed by atoms with Gasteiger partial charge >= 0.3 is 0 Å². The fraction of sp³-hybridized carbons (Fsp3) is 0.750. The van der Waals surface area contributed by atoms with Crippen molar-refractivity contribution < 1.29 is 14.3 Å². The normalized spacial score (nSPS) is 20.9. The third-order valence-corrected chi connectivity index (χ3v) is 5.74. The highest BCUT2D eigenvalue weighted by molar-refractivity contribution is 5.92. The van der Waals surface area contributed by atoms with E-state index in [9.17, 15) is 9.59 Å². The molecular weight excluding hydrogens is 358 g/mol. The van der Waals surface area contributed by atoms with Gasteiger partial charge in [-0.1, -0.05) is 0 Å². The Balaban J connectivity index is 1.56. The average molecular weight is 392 g/mol. The van der Waals surface area contributed by atoms with Gasteiger partial charge in [0.1, 0.15) is 5.69 Å². The van der Waals surface area contributed by atoms with Crippen molar-refractivity contribution in [3.8, 4) is 0 Å². The Morgan fingerprint density at radius 1 is 1.29 bits per heavy atom. The van der Waals surface area contributed by atoms with Gasteiger partial charge in [-0.15, -0.1) is 0 Å². The van der Waals surface area contributed by atoms with E-state index in [1.54, 1.807) is 23.9 Å². The summed E-state index contributed by atoms with van der Waals surface area (Å²) in [6, 6.07) is 1.87. The summed E-state index contributed by atoms with van der Waals surface area (Å²) in [5.41, 5.74) is 0.629. The molecule has 0 saturated carbocycles. The topological polar surface area (TPSA) is 70.9 Å². The molecule has 1 aromatic rings. The Morgan fingerprint density at radius 3 is 2.79 bits per heavy atom. The predicted molar refractivity (Wildman–Crippen MR) is 106 cm³/mol. The SMILES string of the molecule is CCn1nccc1C(=O)N1CCCC(N(CCCN2CCOCC2)C(C)=O)C1. The van der Waals surface area contributed by atoms with Crippen LogP contribution in [0.4, 0.5) is 0 Å². The van der Waals surface area contributed by atoms with Crippen LogP contribution in [-0.2, 0) is 16.1 Å². The zero-order chi connectivity index (χ0) is 19.9. The summed E-state index contributed by atoms with van der Waals surface area (Å²) in [4.78, 5) is 31.5. The highest BCUT2D eigenvalue weighted by atomic mass is 16.5. The maximum atomic E-state index is 12.9. The number of morpholine rings is 1. The van der Waals surface area contributed by atoms with Crippen molar-refractivity contribution in [2.75, 3.05) is 52.5 Å². The van der Waals surface area contributed by atoms with Gasteiger partial charge in [-0.25, -0.2) is 0 Å². The zero-order valence-corrected chi connectivity index (χ0v) is 17.2. The van der Waals surface area contributed by atoms with Crippen LogP contribution >= 0.6 is 0 Å². The fourth-order valence-corrected chi connectivity index (χ4v) is 4.21. The van der Waals surface area contributed by atoms with E-state index in [0.29, 0.717) is 18.8 Å². The highest BCUT2D eigenvalue weighted by Crippen LogP contribution is 2.19. The van der Waals surface area contributed by atoms with Crippen LogP contribution in [0.1, 0.15) is 43.6 Å². The molecule has 2 amide bonds. The van der Waals surface area contributed by atoms with Crippen LogP contribution in [-0.4, -0.2) is 94.8 Å². The molecule has 2 aliphatic heterocycles. The molecule has 3 heterocycles. The van der Waals surface area contributed by atoms with E-state index in [4.69, 9.17) is 4.74 Å². The van der Waals surface area contributed by atoms with Gasteiger partial charge in [-0.2, -0.15) is 5.10 Å². The average Bonchev–Trinajstić information content (AvgIpc) is 3.20. The van der Waals surface area contributed by atoms with E-state index in [0.717, 1.165) is 65.2 Å². The number of carbonyl (C=O) groups is 2. The summed E-state index contributed by atoms with van der Waals surface area (Å²) in [7, 11) is 0. The Kier molecular flexibility index (Phi) is 7.44. The summed E-state index contributed by atoms with van der Waals surface area (Å²) in [5.74, 6) is 0.112. The Labute approximate surface area is 167 Å². The predicted octanol–water partition coefficient (Wildman–Crippen LogP) is 1.08. The van der Waals surface area contributed by atoms with Crippen molar-refractivity contribution in [1.29, 1.82) is 0 Å². The number of carbonyl (C=O) groups excluding carboxylic acids is 2. The van der Waals surface area contributed by atoms with Gasteiger partial charge < -0.3 is 14.5 Å². The molecular formula is C20H33N5O3. The molecule has 3 rings (SSSR count). The van der Waals surface area contributed by atoms with Gasteiger partial charge in [-0.05, 0) is 32.3 Å². The minimum Gasteiger partial charge on any atom is -0.379 e. The van der Waals surface area contributed by atoms with Crippen LogP contribution in [0.15, 0.2) is 12.3 Å². The molecule has 0 bridgehead atoms. The molecule has 8 heteroatoms. The molecule has 2 aliphatic rings. The van der Waals surface area contributed by atoms with Crippen LogP contribution in [0, 0.1) is 0 Å². The van der Waals surface area contributed by atoms with Crippen molar-refractivity contribution in [2.24, 2.45) is 0 Å². The number of nitrogens with zero attached hydrogens (tertiary/aromatic N) is 5. The van der Waals surface area contributed by atoms with Gasteiger partial charge in [0.25, 0.3) is 5.91 Å². The number of aromatic nitrogens is 2. The Hall–Kier alpha value is -1.93. The quantitative estimate of drug-likeness (QED) is 0.696. The number of amides is 2. The first-order chi connectivity index (χ1) is 13.6. The van der Waals surface area contributed by atoms with Crippen molar-refractivity contribution >= 4 is 11.8 Å². The number of ether oxygens (including phenoxy) is 1. The third-order valence-electron chi connectivity index (χ3n) is 5.74. The molecule has 0 spiro atoms. The van der Waals surface area contributed by atoms with E-state index in [1.807, 2.05) is 16.7 Å². The smallest absolute Gasteiger partial charge is 0.272 e. The maximum absolute atomic E-state index is 12.9. The van der Waals surface area contributed by atoms with E-state index >= 15 is 0 Å². The summed E-state index contributed by atoms with van der Waals surface area (Å²) in [6.07, 6.45) is 4.50. The molecule has 1 atom stereocenters. The first-order valence-electron chi connectivity index (χ1n) is 10.5. The third kappa shape index (κ3) is 5.11. The van der Waals surface area contributed by atoms with Gasteiger partial charge in [0.15, 0.2) is 0 Å². The van der Waals surface area contributed by atoms with Gasteiger partial charge in [0.05, 0.1) is 13.2 Å². The molecule has 2 saturated heterocycles. The summed E-state index contributed by atoms with van der Waals surface area (Å²) < 4.78 is 7.13. The second-order valence-corrected chi connectivity index (χ2v) is 7.60. The number of piperidine rings is 1. The van der Waals surface area contributed by atoms with Gasteiger partial charge in [-0.3, -0.25) is 19.2 Å². The number of hydrogen-bond acceptors (Lipinski definition) is 5. The van der Waals surface area contributed by atoms with E-state index in [2.05, 4.69) is 10.00 Å². The molecule has 0 radical (unpaired) electrons. The van der Waals surface area contributed by atoms with Gasteiger partial charge in [0, 0.05) is 65.0 Å². The molecule has 8 nitrogen and oxygen atoms in total. The fourth-order valence-electron chi connectivity index (χ4n) is 4.21. The number of likely N-dealkylation sites (tertiary alicyclic amines) is 1. The first kappa shape index (κ1) is 20.8. The van der Waals surface area contributed by atoms with E-state index < -0.39 is 0 Å². The number of aryl methyl sites for hydroxylation is 1. The minimum atomic E-state index is 0.0147. The zero-order valence-electron chi connectivity index (χ0n) is 17.2. The van der Waals surface area contributed by atoms with Crippen LogP contribution in [0.3, 0.4) is 0 Å². The molecule has 2 fully saturated rings. The lowest BCUT2D eigenvalue weighted by molar-refractivity contribution is -0.132. The minimum absolute atomic E-state index is 0.0147. The molecule has 156 valence electrons. The maximum Gasteiger partial charge on any atom is 0.272 e. The van der Waals surface area contributed by atoms with Crippen LogP contribution < -0.4 is 0 Å². The standard InChI is InChI=1S/C20H33N5O3/c1-3-25-19(7-8-21-25)20(27)23-10-4-6-18(16-23)24(17(2)26)11-5-9-22-12-14-28-15-13-22/h7-8,18H,3-6,9-16H2,1-2H3. The number of rotatable bonds is 7. The van der Waals surface area contributed by atoms with E-state index in [1.165, 1.54) is 0 Å². The monoisotopic (exact) mass is 391 g/mol. The van der Waals surface area contributed by atoms with Crippen molar-refractivity contribution in [2.45, 2.75) is 45.7 Å². The lowest BCUT2D eigenvalue weighted by Crippen LogP contribution is -2.52. The molecule has 0 aliphatic carbocycles. The summed E-state index contributed by atoms with van der Waals surface area (Å²) >= 11 is 0. The van der Waals surface area contributed by atoms with Crippen LogP contribution in [0.5, 0.6) is 0 Å². The van der Waals surface area contributed by atoms with Gasteiger partial charge in [0.2, 0.25) is 5.91 Å². The Bertz CT molecular complexity index is 656. The van der Waals surface area contributed by atoms with Crippen LogP contribution in [0.2, 0.25) is 0 Å². The number of hydrogen-bond donors (Lipinski definition) is 0. The molecule has 1 aromatic heterocycles. The molecule has 0 N–H and O–H groups in total. The van der Waals surface area contributed by atoms with Crippen molar-refractivity contribution in [1.82, 2.24) is 24.5 Å². The second-order valence-electron chi connectivity index (χ2n) is 7.60. The molecule has 0 aromatic carbocycles. The summed E-state index contributed by atoms with van der Waals surface area (Å²) in [6.45, 7) is 10.9. The lowest BCUT2D eigenvalue weighted by Gasteiger charge is -2.39.